The van der Waals surface area contributed by atoms with Gasteiger partial charge in [0.25, 0.3) is 0 Å². The van der Waals surface area contributed by atoms with Crippen molar-refractivity contribution < 1.29 is 32.2 Å². The Morgan fingerprint density at radius 2 is 1.97 bits per heavy atom. The average Bonchev–Trinajstić information content (AvgIpc) is 3.63. The Kier molecular flexibility index (Phi) is 9.51. The summed E-state index contributed by atoms with van der Waals surface area (Å²) in [6, 6.07) is 0. The number of carbonyl (C=O) groups excluding carboxylic acids is 2. The summed E-state index contributed by atoms with van der Waals surface area (Å²) in [7, 11) is 0. The Morgan fingerprint density at radius 3 is 2.63 bits per heavy atom. The van der Waals surface area contributed by atoms with E-state index in [1.54, 1.807) is 13.0 Å². The molecule has 0 aromatic carbocycles. The van der Waals surface area contributed by atoms with E-state index in [0.717, 1.165) is 49.3 Å². The summed E-state index contributed by atoms with van der Waals surface area (Å²) in [5.74, 6) is 0.252. The molecule has 0 radical (unpaired) electrons. The number of alkyl halides is 3. The summed E-state index contributed by atoms with van der Waals surface area (Å²) in [6.07, 6.45) is 10.1. The zero-order chi connectivity index (χ0) is 25.4. The number of ether oxygens (including phenoxy) is 2. The molecule has 0 bridgehead atoms. The van der Waals surface area contributed by atoms with Gasteiger partial charge in [0.1, 0.15) is 6.10 Å². The Morgan fingerprint density at radius 1 is 1.26 bits per heavy atom. The molecule has 0 aromatic heterocycles. The molecule has 2 atom stereocenters. The zero-order valence-electron chi connectivity index (χ0n) is 20.1. The van der Waals surface area contributed by atoms with E-state index in [4.69, 9.17) is 4.74 Å². The Balaban J connectivity index is 1.52. The van der Waals surface area contributed by atoms with Crippen LogP contribution in [0.5, 0.6) is 0 Å². The first-order chi connectivity index (χ1) is 16.6. The molecule has 0 aromatic rings. The zero-order valence-corrected chi connectivity index (χ0v) is 20.1. The van der Waals surface area contributed by atoms with Crippen LogP contribution in [0, 0.1) is 11.8 Å². The number of epoxide rings is 1. The number of ketones is 1. The van der Waals surface area contributed by atoms with E-state index in [0.29, 0.717) is 6.61 Å². The molecule has 2 aliphatic heterocycles. The molecule has 3 aliphatic rings. The van der Waals surface area contributed by atoms with Crippen LogP contribution < -0.4 is 5.32 Å². The van der Waals surface area contributed by atoms with Crippen molar-refractivity contribution >= 4 is 11.7 Å². The number of nitrogens with zero attached hydrogens (tertiary/aromatic N) is 1. The van der Waals surface area contributed by atoms with Gasteiger partial charge in [0.05, 0.1) is 13.2 Å². The van der Waals surface area contributed by atoms with Gasteiger partial charge >= 0.3 is 6.36 Å². The van der Waals surface area contributed by atoms with E-state index >= 15 is 0 Å². The topological polar surface area (TPSA) is 71.2 Å². The lowest BCUT2D eigenvalue weighted by molar-refractivity contribution is -0.319. The van der Waals surface area contributed by atoms with Gasteiger partial charge in [-0.2, -0.15) is 0 Å². The van der Waals surface area contributed by atoms with Gasteiger partial charge in [-0.3, -0.25) is 14.3 Å². The first-order valence-electron chi connectivity index (χ1n) is 11.9. The first-order valence-corrected chi connectivity index (χ1v) is 11.9. The predicted octanol–water partition coefficient (Wildman–Crippen LogP) is 4.58. The minimum Gasteiger partial charge on any atom is -0.371 e. The molecular formula is C26H33F3N2O4. The molecule has 1 N–H and O–H groups in total. The summed E-state index contributed by atoms with van der Waals surface area (Å²) in [4.78, 5) is 27.1. The van der Waals surface area contributed by atoms with Gasteiger partial charge in [-0.15, -0.1) is 13.2 Å². The summed E-state index contributed by atoms with van der Waals surface area (Å²) in [5.41, 5.74) is 2.59. The van der Waals surface area contributed by atoms with Crippen molar-refractivity contribution in [3.05, 3.63) is 59.5 Å². The van der Waals surface area contributed by atoms with Crippen LogP contribution in [-0.2, 0) is 19.1 Å². The monoisotopic (exact) mass is 494 g/mol. The number of rotatable bonds is 9. The molecule has 3 rings (SSSR count). The maximum Gasteiger partial charge on any atom is 0.522 e. The van der Waals surface area contributed by atoms with Crippen LogP contribution in [0.2, 0.25) is 0 Å². The molecule has 35 heavy (non-hydrogen) atoms. The van der Waals surface area contributed by atoms with Gasteiger partial charge in [0.15, 0.2) is 5.78 Å². The number of allylic oxidation sites excluding steroid dienone is 7. The minimum atomic E-state index is -4.66. The third-order valence-electron chi connectivity index (χ3n) is 6.24. The third kappa shape index (κ3) is 9.14. The normalized spacial score (nSPS) is 24.0. The van der Waals surface area contributed by atoms with E-state index in [-0.39, 0.29) is 36.1 Å². The van der Waals surface area contributed by atoms with E-state index in [1.807, 2.05) is 19.1 Å². The second-order valence-corrected chi connectivity index (χ2v) is 9.16. The molecule has 2 unspecified atom stereocenters. The number of nitrogens with one attached hydrogen (secondary N) is 1. The fourth-order valence-corrected chi connectivity index (χ4v) is 4.14. The molecule has 2 fully saturated rings. The maximum absolute atomic E-state index is 12.5. The molecule has 1 amide bonds. The summed E-state index contributed by atoms with van der Waals surface area (Å²) >= 11 is 0. The van der Waals surface area contributed by atoms with E-state index in [2.05, 4.69) is 27.1 Å². The largest absolute Gasteiger partial charge is 0.522 e. The number of Topliss-reactive ketones (excluding diaryl/α,β-unsaturated/α-hetero) is 1. The molecule has 2 saturated heterocycles. The van der Waals surface area contributed by atoms with E-state index < -0.39 is 13.0 Å². The standard InChI is InChI=1S/C26H33F3N2O4/c1-18(6-3-4-15-35-26(27,28)29)16-24(32)30-22-10-9-21(8-5-7-19(22)2)31-13-11-20(12-14-31)25(33)23-17-34-23/h3-6,8-10,19-20,23H,7,11-17H2,1-2H3,(H,30,32). The molecule has 1 aliphatic carbocycles. The average molecular weight is 495 g/mol. The number of amides is 1. The van der Waals surface area contributed by atoms with Gasteiger partial charge in [-0.25, -0.2) is 0 Å². The lowest BCUT2D eigenvalue weighted by Gasteiger charge is -2.34. The van der Waals surface area contributed by atoms with Crippen LogP contribution in [0.15, 0.2) is 59.5 Å². The Bertz CT molecular complexity index is 921. The number of carbonyl (C=O) groups is 2. The number of likely N-dealkylation sites (tertiary alicyclic amines) is 1. The van der Waals surface area contributed by atoms with E-state index in [9.17, 15) is 22.8 Å². The molecule has 192 valence electrons. The van der Waals surface area contributed by atoms with Crippen LogP contribution >= 0.6 is 0 Å². The van der Waals surface area contributed by atoms with Crippen molar-refractivity contribution in [2.75, 3.05) is 26.3 Å². The van der Waals surface area contributed by atoms with Crippen molar-refractivity contribution in [3.63, 3.8) is 0 Å². The molecular weight excluding hydrogens is 461 g/mol. The number of piperidine rings is 1. The molecule has 0 spiro atoms. The summed E-state index contributed by atoms with van der Waals surface area (Å²) in [5, 5.41) is 2.98. The van der Waals surface area contributed by atoms with Crippen LogP contribution in [0.25, 0.3) is 0 Å². The molecule has 6 nitrogen and oxygen atoms in total. The molecule has 0 saturated carbocycles. The van der Waals surface area contributed by atoms with Gasteiger partial charge in [0, 0.05) is 36.8 Å². The lowest BCUT2D eigenvalue weighted by Crippen LogP contribution is -2.36. The quantitative estimate of drug-likeness (QED) is 0.376. The van der Waals surface area contributed by atoms with Crippen molar-refractivity contribution in [1.82, 2.24) is 10.2 Å². The fourth-order valence-electron chi connectivity index (χ4n) is 4.14. The van der Waals surface area contributed by atoms with Crippen molar-refractivity contribution in [3.8, 4) is 0 Å². The second kappa shape index (κ2) is 12.4. The van der Waals surface area contributed by atoms with E-state index in [1.165, 1.54) is 12.2 Å². The van der Waals surface area contributed by atoms with Crippen molar-refractivity contribution in [2.24, 2.45) is 11.8 Å². The SMILES string of the molecule is CC(=CC=CCOC(F)(F)F)CC(=O)NC1=CC=C(N2CCC(C(=O)C3CO3)CC2)C=CCC1C. The highest BCUT2D eigenvalue weighted by Crippen LogP contribution is 2.27. The maximum atomic E-state index is 12.5. The Hall–Kier alpha value is -2.65. The minimum absolute atomic E-state index is 0.0746. The van der Waals surface area contributed by atoms with Gasteiger partial charge in [-0.05, 0) is 50.3 Å². The van der Waals surface area contributed by atoms with Crippen LogP contribution in [-0.4, -0.2) is 55.4 Å². The molecule has 2 heterocycles. The fraction of sp³-hybridized carbons (Fsp3) is 0.538. The van der Waals surface area contributed by atoms with Crippen LogP contribution in [0.1, 0.15) is 39.5 Å². The highest BCUT2D eigenvalue weighted by atomic mass is 19.4. The predicted molar refractivity (Wildman–Crippen MR) is 126 cm³/mol. The van der Waals surface area contributed by atoms with Crippen LogP contribution in [0.3, 0.4) is 0 Å². The van der Waals surface area contributed by atoms with Crippen molar-refractivity contribution in [2.45, 2.75) is 52.0 Å². The Labute approximate surface area is 204 Å². The number of halogens is 3. The highest BCUT2D eigenvalue weighted by molar-refractivity contribution is 5.87. The second-order valence-electron chi connectivity index (χ2n) is 9.16. The lowest BCUT2D eigenvalue weighted by atomic mass is 9.90. The summed E-state index contributed by atoms with van der Waals surface area (Å²) in [6.45, 7) is 5.38. The number of hydrogen-bond donors (Lipinski definition) is 1. The van der Waals surface area contributed by atoms with Gasteiger partial charge in [0.2, 0.25) is 5.91 Å². The third-order valence-corrected chi connectivity index (χ3v) is 6.24. The van der Waals surface area contributed by atoms with Crippen LogP contribution in [0.4, 0.5) is 13.2 Å². The van der Waals surface area contributed by atoms with Gasteiger partial charge in [-0.1, -0.05) is 36.8 Å². The number of hydrogen-bond acceptors (Lipinski definition) is 5. The highest BCUT2D eigenvalue weighted by Gasteiger charge is 2.37. The summed E-state index contributed by atoms with van der Waals surface area (Å²) < 4.78 is 44.7. The van der Waals surface area contributed by atoms with Crippen molar-refractivity contribution in [1.29, 1.82) is 0 Å². The smallest absolute Gasteiger partial charge is 0.371 e. The molecule has 9 heteroatoms. The van der Waals surface area contributed by atoms with Gasteiger partial charge < -0.3 is 15.0 Å². The first kappa shape index (κ1) is 26.9.